The highest BCUT2D eigenvalue weighted by molar-refractivity contribution is 5.80. The van der Waals surface area contributed by atoms with Crippen molar-refractivity contribution in [2.24, 2.45) is 5.92 Å². The molecule has 1 aromatic carbocycles. The molecule has 1 saturated carbocycles. The van der Waals surface area contributed by atoms with E-state index in [1.807, 2.05) is 30.3 Å². The SMILES string of the molecule is O=C(NCC1CC1)C(CCO)n1cc(-c2ccccc2)nn1. The Morgan fingerprint density at radius 2 is 2.14 bits per heavy atom. The minimum absolute atomic E-state index is 0.0674. The third-order valence-corrected chi connectivity index (χ3v) is 3.87. The van der Waals surface area contributed by atoms with E-state index in [0.29, 0.717) is 18.9 Å². The Hall–Kier alpha value is -2.21. The van der Waals surface area contributed by atoms with Crippen LogP contribution in [0.4, 0.5) is 0 Å². The number of aromatic nitrogens is 3. The van der Waals surface area contributed by atoms with Crippen molar-refractivity contribution in [1.29, 1.82) is 0 Å². The van der Waals surface area contributed by atoms with Gasteiger partial charge in [-0.2, -0.15) is 0 Å². The van der Waals surface area contributed by atoms with Crippen molar-refractivity contribution < 1.29 is 9.90 Å². The molecule has 0 bridgehead atoms. The van der Waals surface area contributed by atoms with E-state index in [0.717, 1.165) is 11.3 Å². The van der Waals surface area contributed by atoms with Gasteiger partial charge in [0.15, 0.2) is 0 Å². The van der Waals surface area contributed by atoms with E-state index >= 15 is 0 Å². The number of hydrogen-bond acceptors (Lipinski definition) is 4. The molecule has 2 N–H and O–H groups in total. The summed E-state index contributed by atoms with van der Waals surface area (Å²) in [5.41, 5.74) is 1.67. The number of amides is 1. The van der Waals surface area contributed by atoms with Crippen LogP contribution in [0.15, 0.2) is 36.5 Å². The molecule has 1 atom stereocenters. The van der Waals surface area contributed by atoms with Gasteiger partial charge in [0.25, 0.3) is 0 Å². The van der Waals surface area contributed by atoms with Gasteiger partial charge in [0.2, 0.25) is 5.91 Å². The third kappa shape index (κ3) is 3.51. The van der Waals surface area contributed by atoms with Gasteiger partial charge in [-0.25, -0.2) is 4.68 Å². The number of nitrogens with one attached hydrogen (secondary N) is 1. The van der Waals surface area contributed by atoms with Crippen LogP contribution in [0.2, 0.25) is 0 Å². The maximum absolute atomic E-state index is 12.3. The molecule has 0 aliphatic heterocycles. The topological polar surface area (TPSA) is 80.0 Å². The Bertz CT molecular complexity index is 622. The van der Waals surface area contributed by atoms with Crippen LogP contribution in [0.3, 0.4) is 0 Å². The number of carbonyl (C=O) groups excluding carboxylic acids is 1. The molecule has 1 unspecified atom stereocenters. The van der Waals surface area contributed by atoms with Crippen LogP contribution in [-0.4, -0.2) is 39.2 Å². The van der Waals surface area contributed by atoms with E-state index in [9.17, 15) is 9.90 Å². The van der Waals surface area contributed by atoms with Gasteiger partial charge in [-0.3, -0.25) is 4.79 Å². The van der Waals surface area contributed by atoms with Crippen molar-refractivity contribution in [1.82, 2.24) is 20.3 Å². The van der Waals surface area contributed by atoms with E-state index in [-0.39, 0.29) is 12.5 Å². The molecule has 0 radical (unpaired) electrons. The first-order valence-electron chi connectivity index (χ1n) is 7.63. The fourth-order valence-electron chi connectivity index (χ4n) is 2.36. The highest BCUT2D eigenvalue weighted by Gasteiger charge is 2.26. The van der Waals surface area contributed by atoms with E-state index in [1.165, 1.54) is 12.8 Å². The highest BCUT2D eigenvalue weighted by atomic mass is 16.3. The van der Waals surface area contributed by atoms with Gasteiger partial charge in [-0.15, -0.1) is 5.10 Å². The standard InChI is InChI=1S/C16H20N4O2/c21-9-8-15(16(22)17-10-12-6-7-12)20-11-14(18-19-20)13-4-2-1-3-5-13/h1-5,11-12,15,21H,6-10H2,(H,17,22). The van der Waals surface area contributed by atoms with E-state index < -0.39 is 6.04 Å². The first-order valence-corrected chi connectivity index (χ1v) is 7.63. The number of rotatable bonds is 7. The Kier molecular flexibility index (Phi) is 4.48. The van der Waals surface area contributed by atoms with Crippen molar-refractivity contribution >= 4 is 5.91 Å². The lowest BCUT2D eigenvalue weighted by atomic mass is 10.1. The summed E-state index contributed by atoms with van der Waals surface area (Å²) in [6.07, 6.45) is 4.46. The van der Waals surface area contributed by atoms with Crippen molar-refractivity contribution in [3.63, 3.8) is 0 Å². The summed E-state index contributed by atoms with van der Waals surface area (Å²) < 4.78 is 1.54. The third-order valence-electron chi connectivity index (χ3n) is 3.87. The van der Waals surface area contributed by atoms with E-state index in [1.54, 1.807) is 10.9 Å². The zero-order valence-electron chi connectivity index (χ0n) is 12.4. The molecule has 116 valence electrons. The fraction of sp³-hybridized carbons (Fsp3) is 0.438. The summed E-state index contributed by atoms with van der Waals surface area (Å²) >= 11 is 0. The van der Waals surface area contributed by atoms with Crippen molar-refractivity contribution in [2.45, 2.75) is 25.3 Å². The zero-order valence-corrected chi connectivity index (χ0v) is 12.4. The van der Waals surface area contributed by atoms with Crippen LogP contribution >= 0.6 is 0 Å². The first-order chi connectivity index (χ1) is 10.8. The van der Waals surface area contributed by atoms with Gasteiger partial charge in [0.1, 0.15) is 11.7 Å². The smallest absolute Gasteiger partial charge is 0.245 e. The summed E-state index contributed by atoms with van der Waals surface area (Å²) in [7, 11) is 0. The van der Waals surface area contributed by atoms with Crippen LogP contribution in [0, 0.1) is 5.92 Å². The molecule has 0 spiro atoms. The lowest BCUT2D eigenvalue weighted by Crippen LogP contribution is -2.34. The normalized spacial score (nSPS) is 15.5. The average molecular weight is 300 g/mol. The van der Waals surface area contributed by atoms with Gasteiger partial charge >= 0.3 is 0 Å². The maximum Gasteiger partial charge on any atom is 0.245 e. The first kappa shape index (κ1) is 14.7. The summed E-state index contributed by atoms with van der Waals surface area (Å²) in [5, 5.41) is 20.4. The summed E-state index contributed by atoms with van der Waals surface area (Å²) in [4.78, 5) is 12.3. The van der Waals surface area contributed by atoms with Gasteiger partial charge in [-0.1, -0.05) is 35.5 Å². The summed E-state index contributed by atoms with van der Waals surface area (Å²) in [6, 6.07) is 9.18. The van der Waals surface area contributed by atoms with Crippen molar-refractivity contribution in [3.05, 3.63) is 36.5 Å². The Morgan fingerprint density at radius 3 is 2.82 bits per heavy atom. The molecule has 6 heteroatoms. The minimum atomic E-state index is -0.520. The van der Waals surface area contributed by atoms with Gasteiger partial charge in [-0.05, 0) is 18.8 Å². The average Bonchev–Trinajstić information content (AvgIpc) is 3.26. The molecule has 1 amide bonds. The highest BCUT2D eigenvalue weighted by Crippen LogP contribution is 2.28. The zero-order chi connectivity index (χ0) is 15.4. The lowest BCUT2D eigenvalue weighted by Gasteiger charge is -2.15. The number of nitrogens with zero attached hydrogens (tertiary/aromatic N) is 3. The maximum atomic E-state index is 12.3. The molecule has 22 heavy (non-hydrogen) atoms. The molecule has 3 rings (SSSR count). The molecule has 2 aromatic rings. The second kappa shape index (κ2) is 6.70. The minimum Gasteiger partial charge on any atom is -0.396 e. The van der Waals surface area contributed by atoms with Gasteiger partial charge in [0.05, 0.1) is 6.20 Å². The second-order valence-electron chi connectivity index (χ2n) is 5.67. The Balaban J connectivity index is 1.73. The molecule has 1 heterocycles. The number of carbonyl (C=O) groups is 1. The van der Waals surface area contributed by atoms with Gasteiger partial charge in [0, 0.05) is 25.1 Å². The predicted molar refractivity (Wildman–Crippen MR) is 81.9 cm³/mol. The van der Waals surface area contributed by atoms with Crippen molar-refractivity contribution in [3.8, 4) is 11.3 Å². The monoisotopic (exact) mass is 300 g/mol. The second-order valence-corrected chi connectivity index (χ2v) is 5.67. The summed E-state index contributed by atoms with van der Waals surface area (Å²) in [6.45, 7) is 0.642. The van der Waals surface area contributed by atoms with E-state index in [4.69, 9.17) is 0 Å². The molecule has 1 aliphatic rings. The lowest BCUT2D eigenvalue weighted by molar-refractivity contribution is -0.125. The number of benzene rings is 1. The van der Waals surface area contributed by atoms with Crippen LogP contribution < -0.4 is 5.32 Å². The predicted octanol–water partition coefficient (Wildman–Crippen LogP) is 1.39. The van der Waals surface area contributed by atoms with Crippen LogP contribution in [-0.2, 0) is 4.79 Å². The molecule has 1 aromatic heterocycles. The molecular formula is C16H20N4O2. The Morgan fingerprint density at radius 1 is 1.36 bits per heavy atom. The van der Waals surface area contributed by atoms with Crippen LogP contribution in [0.25, 0.3) is 11.3 Å². The quantitative estimate of drug-likeness (QED) is 0.810. The molecule has 6 nitrogen and oxygen atoms in total. The number of hydrogen-bond donors (Lipinski definition) is 2. The van der Waals surface area contributed by atoms with Crippen LogP contribution in [0.1, 0.15) is 25.3 Å². The number of aliphatic hydroxyl groups excluding tert-OH is 1. The van der Waals surface area contributed by atoms with E-state index in [2.05, 4.69) is 15.6 Å². The number of aliphatic hydroxyl groups is 1. The molecule has 1 fully saturated rings. The molecular weight excluding hydrogens is 280 g/mol. The molecule has 1 aliphatic carbocycles. The Labute approximate surface area is 129 Å². The fourth-order valence-corrected chi connectivity index (χ4v) is 2.36. The van der Waals surface area contributed by atoms with Gasteiger partial charge < -0.3 is 10.4 Å². The largest absolute Gasteiger partial charge is 0.396 e. The summed E-state index contributed by atoms with van der Waals surface area (Å²) in [5.74, 6) is 0.514. The molecule has 0 saturated heterocycles. The van der Waals surface area contributed by atoms with Crippen molar-refractivity contribution in [2.75, 3.05) is 13.2 Å². The van der Waals surface area contributed by atoms with Crippen LogP contribution in [0.5, 0.6) is 0 Å².